The van der Waals surface area contributed by atoms with Crippen molar-refractivity contribution in [3.63, 3.8) is 0 Å². The van der Waals surface area contributed by atoms with E-state index in [2.05, 4.69) is 36.3 Å². The van der Waals surface area contributed by atoms with E-state index in [4.69, 9.17) is 15.2 Å². The molecule has 5 nitrogen and oxygen atoms in total. The highest BCUT2D eigenvalue weighted by Gasteiger charge is 2.23. The highest BCUT2D eigenvalue weighted by atomic mass is 16.6. The molecule has 1 aromatic rings. The van der Waals surface area contributed by atoms with Crippen LogP contribution in [0.25, 0.3) is 0 Å². The van der Waals surface area contributed by atoms with Gasteiger partial charge in [-0.3, -0.25) is 4.99 Å². The van der Waals surface area contributed by atoms with Crippen molar-refractivity contribution >= 4 is 5.96 Å². The maximum absolute atomic E-state index is 5.99. The standard InChI is InChI=1S/C18H27N3O2/c1-18(2,12-21-17(19)20-11-13-4-3-5-13)14-6-7-15-16(10-14)23-9-8-22-15/h6-7,10,13H,3-5,8-9,11-12H2,1-2H3,(H3,19,20,21). The van der Waals surface area contributed by atoms with Crippen LogP contribution in [-0.2, 0) is 5.41 Å². The molecule has 5 heteroatoms. The fourth-order valence-electron chi connectivity index (χ4n) is 2.84. The van der Waals surface area contributed by atoms with Crippen LogP contribution < -0.4 is 20.5 Å². The summed E-state index contributed by atoms with van der Waals surface area (Å²) in [4.78, 5) is 4.53. The molecular weight excluding hydrogens is 290 g/mol. The van der Waals surface area contributed by atoms with Crippen molar-refractivity contribution in [1.29, 1.82) is 0 Å². The van der Waals surface area contributed by atoms with Gasteiger partial charge in [0, 0.05) is 12.0 Å². The second-order valence-corrected chi connectivity index (χ2v) is 7.12. The Morgan fingerprint density at radius 3 is 2.70 bits per heavy atom. The van der Waals surface area contributed by atoms with Gasteiger partial charge in [0.2, 0.25) is 0 Å². The monoisotopic (exact) mass is 317 g/mol. The molecule has 1 aliphatic heterocycles. The maximum atomic E-state index is 5.99. The maximum Gasteiger partial charge on any atom is 0.188 e. The first-order valence-corrected chi connectivity index (χ1v) is 8.48. The summed E-state index contributed by atoms with van der Waals surface area (Å²) < 4.78 is 11.2. The third kappa shape index (κ3) is 3.89. The number of hydrogen-bond acceptors (Lipinski definition) is 3. The first-order valence-electron chi connectivity index (χ1n) is 8.48. The molecule has 126 valence electrons. The SMILES string of the molecule is CC(C)(CN=C(N)NCC1CCC1)c1ccc2c(c1)OCCO2. The largest absolute Gasteiger partial charge is 0.486 e. The third-order valence-corrected chi connectivity index (χ3v) is 4.76. The molecule has 0 amide bonds. The molecule has 1 fully saturated rings. The molecule has 2 aliphatic rings. The predicted octanol–water partition coefficient (Wildman–Crippen LogP) is 2.44. The summed E-state index contributed by atoms with van der Waals surface area (Å²) in [7, 11) is 0. The zero-order valence-corrected chi connectivity index (χ0v) is 14.1. The van der Waals surface area contributed by atoms with Crippen LogP contribution in [0.15, 0.2) is 23.2 Å². The van der Waals surface area contributed by atoms with Crippen molar-refractivity contribution in [2.45, 2.75) is 38.5 Å². The van der Waals surface area contributed by atoms with Crippen molar-refractivity contribution in [1.82, 2.24) is 5.32 Å². The predicted molar refractivity (Wildman–Crippen MR) is 92.3 cm³/mol. The molecule has 0 bridgehead atoms. The fourth-order valence-corrected chi connectivity index (χ4v) is 2.84. The van der Waals surface area contributed by atoms with Gasteiger partial charge < -0.3 is 20.5 Å². The van der Waals surface area contributed by atoms with E-state index in [1.807, 2.05) is 6.07 Å². The van der Waals surface area contributed by atoms with Crippen LogP contribution in [0.3, 0.4) is 0 Å². The summed E-state index contributed by atoms with van der Waals surface area (Å²) >= 11 is 0. The van der Waals surface area contributed by atoms with Crippen molar-refractivity contribution in [2.75, 3.05) is 26.3 Å². The van der Waals surface area contributed by atoms with E-state index in [-0.39, 0.29) is 5.41 Å². The van der Waals surface area contributed by atoms with Gasteiger partial charge >= 0.3 is 0 Å². The zero-order valence-electron chi connectivity index (χ0n) is 14.1. The first kappa shape index (κ1) is 16.0. The van der Waals surface area contributed by atoms with Gasteiger partial charge in [-0.25, -0.2) is 0 Å². The lowest BCUT2D eigenvalue weighted by molar-refractivity contribution is 0.171. The topological polar surface area (TPSA) is 68.9 Å². The van der Waals surface area contributed by atoms with Crippen LogP contribution in [0.5, 0.6) is 11.5 Å². The van der Waals surface area contributed by atoms with E-state index < -0.39 is 0 Å². The number of nitrogens with one attached hydrogen (secondary N) is 1. The molecule has 23 heavy (non-hydrogen) atoms. The Kier molecular flexibility index (Phi) is 4.64. The minimum absolute atomic E-state index is 0.112. The Morgan fingerprint density at radius 2 is 2.00 bits per heavy atom. The summed E-state index contributed by atoms with van der Waals surface area (Å²) in [6.45, 7) is 7.13. The number of ether oxygens (including phenoxy) is 2. The average molecular weight is 317 g/mol. The van der Waals surface area contributed by atoms with Crippen molar-refractivity contribution in [2.24, 2.45) is 16.6 Å². The van der Waals surface area contributed by atoms with E-state index in [9.17, 15) is 0 Å². The summed E-state index contributed by atoms with van der Waals surface area (Å²) in [6, 6.07) is 6.12. The van der Waals surface area contributed by atoms with E-state index >= 15 is 0 Å². The summed E-state index contributed by atoms with van der Waals surface area (Å²) in [6.07, 6.45) is 3.96. The second-order valence-electron chi connectivity index (χ2n) is 7.12. The van der Waals surface area contributed by atoms with Gasteiger partial charge in [-0.05, 0) is 36.5 Å². The number of nitrogens with zero attached hydrogens (tertiary/aromatic N) is 1. The average Bonchev–Trinajstić information content (AvgIpc) is 2.51. The smallest absolute Gasteiger partial charge is 0.188 e. The molecule has 1 heterocycles. The minimum Gasteiger partial charge on any atom is -0.486 e. The van der Waals surface area contributed by atoms with E-state index in [1.165, 1.54) is 24.8 Å². The molecule has 3 rings (SSSR count). The zero-order chi connectivity index (χ0) is 16.3. The number of rotatable bonds is 5. The summed E-state index contributed by atoms with van der Waals surface area (Å²) in [5.74, 6) is 2.96. The molecule has 1 saturated carbocycles. The third-order valence-electron chi connectivity index (χ3n) is 4.76. The van der Waals surface area contributed by atoms with Gasteiger partial charge in [0.1, 0.15) is 13.2 Å². The van der Waals surface area contributed by atoms with E-state index in [1.54, 1.807) is 0 Å². The van der Waals surface area contributed by atoms with Crippen molar-refractivity contribution in [3.8, 4) is 11.5 Å². The number of aliphatic imine (C=N–C) groups is 1. The highest BCUT2D eigenvalue weighted by molar-refractivity contribution is 5.77. The first-order chi connectivity index (χ1) is 11.0. The van der Waals surface area contributed by atoms with Crippen molar-refractivity contribution < 1.29 is 9.47 Å². The molecule has 0 atom stereocenters. The van der Waals surface area contributed by atoms with Crippen LogP contribution in [0.1, 0.15) is 38.7 Å². The summed E-state index contributed by atoms with van der Waals surface area (Å²) in [5, 5.41) is 3.24. The highest BCUT2D eigenvalue weighted by Crippen LogP contribution is 2.35. The van der Waals surface area contributed by atoms with Gasteiger partial charge in [0.05, 0.1) is 6.54 Å². The molecule has 0 spiro atoms. The number of hydrogen-bond donors (Lipinski definition) is 2. The molecule has 1 aliphatic carbocycles. The lowest BCUT2D eigenvalue weighted by Crippen LogP contribution is -2.38. The quantitative estimate of drug-likeness (QED) is 0.646. The number of nitrogens with two attached hydrogens (primary N) is 1. The van der Waals surface area contributed by atoms with E-state index in [0.29, 0.717) is 25.7 Å². The van der Waals surface area contributed by atoms with Gasteiger partial charge in [0.25, 0.3) is 0 Å². The van der Waals surface area contributed by atoms with Gasteiger partial charge in [-0.2, -0.15) is 0 Å². The lowest BCUT2D eigenvalue weighted by Gasteiger charge is -2.27. The Hall–Kier alpha value is -1.91. The number of fused-ring (bicyclic) bond motifs is 1. The van der Waals surface area contributed by atoms with Crippen LogP contribution in [0.2, 0.25) is 0 Å². The van der Waals surface area contributed by atoms with E-state index in [0.717, 1.165) is 24.0 Å². The molecule has 0 radical (unpaired) electrons. The fraction of sp³-hybridized carbons (Fsp3) is 0.611. The molecule has 0 aromatic heterocycles. The number of guanidine groups is 1. The molecule has 3 N–H and O–H groups in total. The Labute approximate surface area is 138 Å². The van der Waals surface area contributed by atoms with Crippen LogP contribution in [0.4, 0.5) is 0 Å². The van der Waals surface area contributed by atoms with Gasteiger partial charge in [0.15, 0.2) is 17.5 Å². The number of benzene rings is 1. The Balaban J connectivity index is 1.61. The van der Waals surface area contributed by atoms with Crippen LogP contribution >= 0.6 is 0 Å². The Morgan fingerprint density at radius 1 is 1.26 bits per heavy atom. The molecular formula is C18H27N3O2. The van der Waals surface area contributed by atoms with Crippen LogP contribution in [0, 0.1) is 5.92 Å². The molecule has 0 saturated heterocycles. The van der Waals surface area contributed by atoms with Gasteiger partial charge in [-0.15, -0.1) is 0 Å². The minimum atomic E-state index is -0.112. The second kappa shape index (κ2) is 6.69. The lowest BCUT2D eigenvalue weighted by atomic mass is 9.84. The van der Waals surface area contributed by atoms with Crippen LogP contribution in [-0.4, -0.2) is 32.3 Å². The molecule has 0 unspecified atom stereocenters. The Bertz CT molecular complexity index is 580. The van der Waals surface area contributed by atoms with Gasteiger partial charge in [-0.1, -0.05) is 26.3 Å². The normalized spacial score (nSPS) is 18.4. The molecule has 1 aromatic carbocycles. The summed E-state index contributed by atoms with van der Waals surface area (Å²) in [5.41, 5.74) is 7.06. The van der Waals surface area contributed by atoms with Crippen molar-refractivity contribution in [3.05, 3.63) is 23.8 Å².